The van der Waals surface area contributed by atoms with Crippen molar-refractivity contribution in [3.63, 3.8) is 0 Å². The summed E-state index contributed by atoms with van der Waals surface area (Å²) < 4.78 is 0. The Labute approximate surface area is 135 Å². The van der Waals surface area contributed by atoms with Gasteiger partial charge in [-0.25, -0.2) is 0 Å². The Bertz CT molecular complexity index is 319. The summed E-state index contributed by atoms with van der Waals surface area (Å²) in [4.78, 5) is 2.90. The first-order valence-corrected chi connectivity index (χ1v) is 10.4. The van der Waals surface area contributed by atoms with E-state index in [1.807, 2.05) is 0 Å². The Morgan fingerprint density at radius 2 is 1.86 bits per heavy atom. The second-order valence-corrected chi connectivity index (χ2v) is 9.24. The fourth-order valence-electron chi connectivity index (χ4n) is 4.69. The molecule has 1 saturated carbocycles. The molecule has 0 aromatic carbocycles. The van der Waals surface area contributed by atoms with E-state index in [-0.39, 0.29) is 0 Å². The summed E-state index contributed by atoms with van der Waals surface area (Å²) in [6.07, 6.45) is 10.1. The zero-order chi connectivity index (χ0) is 14.7. The topological polar surface area (TPSA) is 15.3 Å². The van der Waals surface area contributed by atoms with Crippen molar-refractivity contribution in [2.45, 2.75) is 70.4 Å². The highest BCUT2D eigenvalue weighted by atomic mass is 32.2. The Morgan fingerprint density at radius 3 is 2.52 bits per heavy atom. The van der Waals surface area contributed by atoms with E-state index in [1.54, 1.807) is 0 Å². The first kappa shape index (κ1) is 16.1. The fraction of sp³-hybridized carbons (Fsp3) is 1.00. The van der Waals surface area contributed by atoms with Crippen LogP contribution in [-0.2, 0) is 0 Å². The third-order valence-corrected chi connectivity index (χ3v) is 7.12. The van der Waals surface area contributed by atoms with Gasteiger partial charge >= 0.3 is 0 Å². The summed E-state index contributed by atoms with van der Waals surface area (Å²) in [5, 5.41) is 3.99. The summed E-state index contributed by atoms with van der Waals surface area (Å²) in [5.74, 6) is 4.53. The summed E-state index contributed by atoms with van der Waals surface area (Å²) >= 11 is 2.16. The minimum absolute atomic E-state index is 0.465. The molecule has 2 aliphatic heterocycles. The average Bonchev–Trinajstić information content (AvgIpc) is 2.49. The minimum Gasteiger partial charge on any atom is -0.308 e. The number of rotatable bonds is 3. The third-order valence-electron chi connectivity index (χ3n) is 6.07. The van der Waals surface area contributed by atoms with Gasteiger partial charge in [-0.15, -0.1) is 0 Å². The summed E-state index contributed by atoms with van der Waals surface area (Å²) in [6, 6.07) is 0.757. The van der Waals surface area contributed by atoms with Crippen LogP contribution in [0.3, 0.4) is 0 Å². The smallest absolute Gasteiger partial charge is 0.0309 e. The zero-order valence-electron chi connectivity index (χ0n) is 14.1. The lowest BCUT2D eigenvalue weighted by Gasteiger charge is -2.51. The highest BCUT2D eigenvalue weighted by Gasteiger charge is 2.41. The normalized spacial score (nSPS) is 31.9. The van der Waals surface area contributed by atoms with Gasteiger partial charge < -0.3 is 5.32 Å². The van der Waals surface area contributed by atoms with E-state index in [9.17, 15) is 0 Å². The zero-order valence-corrected chi connectivity index (χ0v) is 14.9. The van der Waals surface area contributed by atoms with E-state index in [0.29, 0.717) is 5.54 Å². The monoisotopic (exact) mass is 310 g/mol. The number of nitrogens with one attached hydrogen (secondary N) is 1. The van der Waals surface area contributed by atoms with Gasteiger partial charge in [0.25, 0.3) is 0 Å². The van der Waals surface area contributed by atoms with E-state index in [2.05, 4.69) is 35.8 Å². The van der Waals surface area contributed by atoms with Crippen LogP contribution in [0.4, 0.5) is 0 Å². The van der Waals surface area contributed by atoms with Crippen LogP contribution in [-0.4, -0.2) is 47.6 Å². The predicted molar refractivity (Wildman–Crippen MR) is 94.1 cm³/mol. The van der Waals surface area contributed by atoms with Crippen LogP contribution in [0.2, 0.25) is 0 Å². The molecule has 1 aliphatic carbocycles. The van der Waals surface area contributed by atoms with Crippen LogP contribution in [0, 0.1) is 11.8 Å². The van der Waals surface area contributed by atoms with Crippen LogP contribution in [0.25, 0.3) is 0 Å². The maximum atomic E-state index is 3.99. The molecule has 0 aromatic rings. The molecule has 2 saturated heterocycles. The van der Waals surface area contributed by atoms with Gasteiger partial charge in [0.15, 0.2) is 0 Å². The van der Waals surface area contributed by atoms with Gasteiger partial charge in [-0.1, -0.05) is 33.1 Å². The Morgan fingerprint density at radius 1 is 1.14 bits per heavy atom. The van der Waals surface area contributed by atoms with Crippen molar-refractivity contribution in [1.29, 1.82) is 0 Å². The Balaban J connectivity index is 1.65. The highest BCUT2D eigenvalue weighted by Crippen LogP contribution is 2.34. The Kier molecular flexibility index (Phi) is 5.55. The van der Waals surface area contributed by atoms with Crippen molar-refractivity contribution < 1.29 is 0 Å². The van der Waals surface area contributed by atoms with Crippen LogP contribution in [0.1, 0.15) is 58.8 Å². The van der Waals surface area contributed by atoms with Gasteiger partial charge in [-0.3, -0.25) is 4.90 Å². The predicted octanol–water partition coefficient (Wildman–Crippen LogP) is 3.76. The lowest BCUT2D eigenvalue weighted by Crippen LogP contribution is -2.66. The molecule has 3 aliphatic rings. The van der Waals surface area contributed by atoms with E-state index in [4.69, 9.17) is 0 Å². The van der Waals surface area contributed by atoms with Gasteiger partial charge in [-0.05, 0) is 49.0 Å². The van der Waals surface area contributed by atoms with Crippen molar-refractivity contribution in [2.24, 2.45) is 11.8 Å². The van der Waals surface area contributed by atoms with Crippen molar-refractivity contribution in [1.82, 2.24) is 10.2 Å². The second kappa shape index (κ2) is 7.23. The number of hydrogen-bond acceptors (Lipinski definition) is 3. The molecule has 1 N–H and O–H groups in total. The minimum atomic E-state index is 0.465. The molecule has 0 amide bonds. The molecule has 0 radical (unpaired) electrons. The van der Waals surface area contributed by atoms with Gasteiger partial charge in [0.05, 0.1) is 0 Å². The molecule has 3 heteroatoms. The lowest BCUT2D eigenvalue weighted by atomic mass is 9.78. The van der Waals surface area contributed by atoms with Gasteiger partial charge in [0.2, 0.25) is 0 Å². The molecule has 21 heavy (non-hydrogen) atoms. The van der Waals surface area contributed by atoms with Crippen LogP contribution in [0.15, 0.2) is 0 Å². The van der Waals surface area contributed by atoms with Crippen molar-refractivity contribution >= 4 is 11.8 Å². The van der Waals surface area contributed by atoms with Crippen molar-refractivity contribution in [3.05, 3.63) is 0 Å². The number of thioether (sulfide) groups is 1. The van der Waals surface area contributed by atoms with Crippen LogP contribution in [0.5, 0.6) is 0 Å². The maximum Gasteiger partial charge on any atom is 0.0309 e. The van der Waals surface area contributed by atoms with Crippen LogP contribution >= 0.6 is 11.8 Å². The highest BCUT2D eigenvalue weighted by molar-refractivity contribution is 7.99. The van der Waals surface area contributed by atoms with Crippen LogP contribution < -0.4 is 5.32 Å². The lowest BCUT2D eigenvalue weighted by molar-refractivity contribution is 0.0250. The summed E-state index contributed by atoms with van der Waals surface area (Å²) in [6.45, 7) is 8.73. The largest absolute Gasteiger partial charge is 0.308 e. The molecular weight excluding hydrogens is 276 g/mol. The molecule has 2 heterocycles. The maximum absolute atomic E-state index is 3.99. The van der Waals surface area contributed by atoms with E-state index in [1.165, 1.54) is 76.1 Å². The molecule has 0 bridgehead atoms. The fourth-order valence-corrected chi connectivity index (χ4v) is 5.90. The molecule has 1 unspecified atom stereocenters. The van der Waals surface area contributed by atoms with E-state index in [0.717, 1.165) is 17.9 Å². The molecular formula is C18H34N2S. The number of piperazine rings is 1. The molecule has 2 nitrogen and oxygen atoms in total. The standard InChI is InChI=1S/C18H34N2S/c1-15(2)17-12-19-18(8-4-3-5-9-18)14-20(17)13-16-6-10-21-11-7-16/h15-17,19H,3-14H2,1-2H3. The second-order valence-electron chi connectivity index (χ2n) is 8.02. The van der Waals surface area contributed by atoms with Crippen molar-refractivity contribution in [2.75, 3.05) is 31.1 Å². The third kappa shape index (κ3) is 3.97. The first-order chi connectivity index (χ1) is 10.2. The van der Waals surface area contributed by atoms with E-state index >= 15 is 0 Å². The molecule has 122 valence electrons. The number of hydrogen-bond donors (Lipinski definition) is 1. The van der Waals surface area contributed by atoms with Crippen molar-refractivity contribution in [3.8, 4) is 0 Å². The first-order valence-electron chi connectivity index (χ1n) is 9.25. The molecule has 0 aromatic heterocycles. The van der Waals surface area contributed by atoms with Gasteiger partial charge in [0.1, 0.15) is 0 Å². The molecule has 1 atom stereocenters. The van der Waals surface area contributed by atoms with E-state index < -0.39 is 0 Å². The van der Waals surface area contributed by atoms with Gasteiger partial charge in [0, 0.05) is 31.2 Å². The molecule has 3 fully saturated rings. The molecule has 1 spiro atoms. The SMILES string of the molecule is CC(C)C1CNC2(CCCCC2)CN1CC1CCSCC1. The molecule has 3 rings (SSSR count). The van der Waals surface area contributed by atoms with Gasteiger partial charge in [-0.2, -0.15) is 11.8 Å². The Hall–Kier alpha value is 0.270. The number of nitrogens with zero attached hydrogens (tertiary/aromatic N) is 1. The average molecular weight is 311 g/mol. The summed E-state index contributed by atoms with van der Waals surface area (Å²) in [7, 11) is 0. The summed E-state index contributed by atoms with van der Waals surface area (Å²) in [5.41, 5.74) is 0.465. The quantitative estimate of drug-likeness (QED) is 0.854.